The molecule has 0 aliphatic heterocycles. The Kier molecular flexibility index (Phi) is 5.80. The van der Waals surface area contributed by atoms with Gasteiger partial charge in [-0.3, -0.25) is 4.90 Å². The molecule has 1 atom stereocenters. The fourth-order valence-corrected chi connectivity index (χ4v) is 3.69. The van der Waals surface area contributed by atoms with E-state index in [1.807, 2.05) is 0 Å². The van der Waals surface area contributed by atoms with Crippen LogP contribution in [0.1, 0.15) is 24.3 Å². The number of aliphatic hydroxyl groups excluding tert-OH is 1. The van der Waals surface area contributed by atoms with Crippen molar-refractivity contribution in [2.75, 3.05) is 10.6 Å². The number of carbonyl (C=O) groups excluding carboxylic acids is 1. The molecule has 0 radical (unpaired) electrons. The minimum absolute atomic E-state index is 0.0381. The monoisotopic (exact) mass is 492 g/mol. The number of benzene rings is 2. The third kappa shape index (κ3) is 4.21. The van der Waals surface area contributed by atoms with Gasteiger partial charge in [-0.25, -0.2) is 23.1 Å². The van der Waals surface area contributed by atoms with Crippen molar-refractivity contribution in [2.45, 2.75) is 19.2 Å². The van der Waals surface area contributed by atoms with Crippen molar-refractivity contribution in [3.8, 4) is 11.1 Å². The Bertz CT molecular complexity index is 1450. The molecular formula is C22H17F5N6O2. The highest BCUT2D eigenvalue weighted by atomic mass is 19.4. The highest BCUT2D eigenvalue weighted by Gasteiger charge is 2.33. The van der Waals surface area contributed by atoms with Crippen LogP contribution in [0.5, 0.6) is 0 Å². The molecule has 4 rings (SSSR count). The summed E-state index contributed by atoms with van der Waals surface area (Å²) in [5, 5.41) is 14.1. The van der Waals surface area contributed by atoms with E-state index in [1.165, 1.54) is 29.9 Å². The number of rotatable bonds is 4. The van der Waals surface area contributed by atoms with Gasteiger partial charge in [0.1, 0.15) is 23.5 Å². The Morgan fingerprint density at radius 1 is 1.09 bits per heavy atom. The molecule has 0 saturated carbocycles. The molecular weight excluding hydrogens is 475 g/mol. The summed E-state index contributed by atoms with van der Waals surface area (Å²) >= 11 is 0. The lowest BCUT2D eigenvalue weighted by Gasteiger charge is -2.23. The van der Waals surface area contributed by atoms with E-state index in [0.717, 1.165) is 12.1 Å². The first kappa shape index (κ1) is 23.9. The van der Waals surface area contributed by atoms with Crippen LogP contribution in [0.4, 0.5) is 43.9 Å². The predicted molar refractivity (Wildman–Crippen MR) is 117 cm³/mol. The molecule has 2 heterocycles. The van der Waals surface area contributed by atoms with E-state index < -0.39 is 46.9 Å². The lowest BCUT2D eigenvalue weighted by atomic mass is 10.0. The lowest BCUT2D eigenvalue weighted by Crippen LogP contribution is -2.33. The maximum Gasteiger partial charge on any atom is 0.416 e. The number of aromatic nitrogens is 3. The number of hydrogen-bond donors (Lipinski definition) is 3. The van der Waals surface area contributed by atoms with Crippen LogP contribution in [0.2, 0.25) is 0 Å². The second-order valence-electron chi connectivity index (χ2n) is 7.57. The highest BCUT2D eigenvalue weighted by molar-refractivity contribution is 5.99. The van der Waals surface area contributed by atoms with E-state index in [4.69, 9.17) is 11.5 Å². The van der Waals surface area contributed by atoms with Crippen LogP contribution in [0.3, 0.4) is 0 Å². The summed E-state index contributed by atoms with van der Waals surface area (Å²) in [6.45, 7) is 1.49. The molecule has 35 heavy (non-hydrogen) atoms. The van der Waals surface area contributed by atoms with E-state index >= 15 is 4.39 Å². The first-order chi connectivity index (χ1) is 16.4. The van der Waals surface area contributed by atoms with Gasteiger partial charge >= 0.3 is 12.2 Å². The Balaban J connectivity index is 1.87. The Hall–Kier alpha value is -4.26. The zero-order chi connectivity index (χ0) is 25.7. The molecule has 8 nitrogen and oxygen atoms in total. The predicted octanol–water partition coefficient (Wildman–Crippen LogP) is 4.55. The van der Waals surface area contributed by atoms with Gasteiger partial charge in [0.15, 0.2) is 5.82 Å². The number of nitrogens with two attached hydrogens (primary N) is 2. The van der Waals surface area contributed by atoms with Crippen LogP contribution in [0.25, 0.3) is 16.6 Å². The standard InChI is InChI=1S/C22H17F5N6O2/c1-10(34)17-8-13(19-20(28)30-9-31-33(17)19)11-2-5-16(15(24)6-11)32(21(29)35)18-7-12(22(25,26)27)3-4-14(18)23/h2-10,34H,1H3,(H2,29,35)(H2,28,30,31). The molecule has 4 aromatic rings. The van der Waals surface area contributed by atoms with Crippen LogP contribution in [0.15, 0.2) is 48.8 Å². The zero-order valence-electron chi connectivity index (χ0n) is 17.9. The number of urea groups is 1. The minimum atomic E-state index is -4.84. The van der Waals surface area contributed by atoms with Crippen LogP contribution in [-0.2, 0) is 6.18 Å². The maximum absolute atomic E-state index is 15.3. The molecule has 0 fully saturated rings. The molecule has 0 aliphatic rings. The number of carbonyl (C=O) groups is 1. The number of nitrogens with zero attached hydrogens (tertiary/aromatic N) is 4. The topological polar surface area (TPSA) is 123 Å². The summed E-state index contributed by atoms with van der Waals surface area (Å²) in [6.07, 6.45) is -4.63. The minimum Gasteiger partial charge on any atom is -0.387 e. The number of fused-ring (bicyclic) bond motifs is 1. The van der Waals surface area contributed by atoms with Gasteiger partial charge in [0.25, 0.3) is 0 Å². The molecule has 2 amide bonds. The summed E-state index contributed by atoms with van der Waals surface area (Å²) < 4.78 is 70.4. The maximum atomic E-state index is 15.3. The van der Waals surface area contributed by atoms with Gasteiger partial charge in [-0.2, -0.15) is 18.3 Å². The van der Waals surface area contributed by atoms with Gasteiger partial charge in [0.2, 0.25) is 0 Å². The third-order valence-electron chi connectivity index (χ3n) is 5.27. The molecule has 1 unspecified atom stereocenters. The molecule has 182 valence electrons. The molecule has 0 aliphatic carbocycles. The number of hydrogen-bond acceptors (Lipinski definition) is 5. The second-order valence-corrected chi connectivity index (χ2v) is 7.57. The van der Waals surface area contributed by atoms with Gasteiger partial charge in [-0.15, -0.1) is 0 Å². The SMILES string of the molecule is CC(O)c1cc(-c2ccc(N(C(N)=O)c3cc(C(F)(F)F)ccc3F)c(F)c2)c2c(N)ncnn12. The third-order valence-corrected chi connectivity index (χ3v) is 5.27. The van der Waals surface area contributed by atoms with E-state index in [1.54, 1.807) is 0 Å². The average molecular weight is 492 g/mol. The molecule has 5 N–H and O–H groups in total. The number of nitrogen functional groups attached to an aromatic ring is 1. The quantitative estimate of drug-likeness (QED) is 0.361. The number of primary amides is 1. The molecule has 0 spiro atoms. The van der Waals surface area contributed by atoms with Crippen molar-refractivity contribution in [1.82, 2.24) is 14.6 Å². The fraction of sp³-hybridized carbons (Fsp3) is 0.136. The van der Waals surface area contributed by atoms with Crippen LogP contribution < -0.4 is 16.4 Å². The summed E-state index contributed by atoms with van der Waals surface area (Å²) in [6, 6.07) is 4.81. The molecule has 0 saturated heterocycles. The van der Waals surface area contributed by atoms with Crippen molar-refractivity contribution in [2.24, 2.45) is 5.73 Å². The molecule has 13 heteroatoms. The van der Waals surface area contributed by atoms with E-state index in [-0.39, 0.29) is 16.9 Å². The Morgan fingerprint density at radius 3 is 2.40 bits per heavy atom. The van der Waals surface area contributed by atoms with Crippen LogP contribution >= 0.6 is 0 Å². The highest BCUT2D eigenvalue weighted by Crippen LogP contribution is 2.38. The number of alkyl halides is 3. The van der Waals surface area contributed by atoms with Crippen LogP contribution in [-0.4, -0.2) is 25.7 Å². The number of anilines is 3. The smallest absolute Gasteiger partial charge is 0.387 e. The number of halogens is 5. The Labute approximate surface area is 194 Å². The normalized spacial score (nSPS) is 12.7. The van der Waals surface area contributed by atoms with Crippen molar-refractivity contribution in [3.05, 3.63) is 71.7 Å². The van der Waals surface area contributed by atoms with Gasteiger partial charge in [-0.1, -0.05) is 6.07 Å². The zero-order valence-corrected chi connectivity index (χ0v) is 17.9. The van der Waals surface area contributed by atoms with E-state index in [2.05, 4.69) is 10.1 Å². The van der Waals surface area contributed by atoms with Gasteiger partial charge in [0, 0.05) is 5.56 Å². The summed E-state index contributed by atoms with van der Waals surface area (Å²) in [7, 11) is 0. The summed E-state index contributed by atoms with van der Waals surface area (Å²) in [5.41, 5.74) is 9.69. The molecule has 2 aromatic heterocycles. The number of aliphatic hydroxyl groups is 1. The summed E-state index contributed by atoms with van der Waals surface area (Å²) in [4.78, 5) is 16.3. The van der Waals surface area contributed by atoms with Crippen LogP contribution in [0, 0.1) is 11.6 Å². The van der Waals surface area contributed by atoms with Crippen molar-refractivity contribution >= 4 is 28.7 Å². The van der Waals surface area contributed by atoms with Gasteiger partial charge in [0.05, 0.1) is 28.7 Å². The van der Waals surface area contributed by atoms with Crippen molar-refractivity contribution in [1.29, 1.82) is 0 Å². The molecule has 2 aromatic carbocycles. The largest absolute Gasteiger partial charge is 0.416 e. The first-order valence-corrected chi connectivity index (χ1v) is 9.96. The Morgan fingerprint density at radius 2 is 1.80 bits per heavy atom. The fourth-order valence-electron chi connectivity index (χ4n) is 3.69. The lowest BCUT2D eigenvalue weighted by molar-refractivity contribution is -0.137. The average Bonchev–Trinajstić information content (AvgIpc) is 3.16. The van der Waals surface area contributed by atoms with E-state index in [0.29, 0.717) is 34.4 Å². The van der Waals surface area contributed by atoms with Crippen molar-refractivity contribution < 1.29 is 31.9 Å². The second kappa shape index (κ2) is 8.51. The van der Waals surface area contributed by atoms with E-state index in [9.17, 15) is 27.5 Å². The van der Waals surface area contributed by atoms with Gasteiger partial charge in [-0.05, 0) is 48.9 Å². The number of amides is 2. The molecule has 0 bridgehead atoms. The first-order valence-electron chi connectivity index (χ1n) is 9.96. The van der Waals surface area contributed by atoms with Gasteiger partial charge < -0.3 is 16.6 Å². The van der Waals surface area contributed by atoms with Crippen molar-refractivity contribution in [3.63, 3.8) is 0 Å². The summed E-state index contributed by atoms with van der Waals surface area (Å²) in [5.74, 6) is -2.27.